The fourth-order valence-electron chi connectivity index (χ4n) is 2.72. The lowest BCUT2D eigenvalue weighted by Gasteiger charge is -2.44. The highest BCUT2D eigenvalue weighted by Gasteiger charge is 2.56. The third kappa shape index (κ3) is 3.41. The first kappa shape index (κ1) is 17.5. The van der Waals surface area contributed by atoms with Gasteiger partial charge in [-0.15, -0.1) is 0 Å². The molecule has 126 valence electrons. The highest BCUT2D eigenvalue weighted by molar-refractivity contribution is 8.05. The van der Waals surface area contributed by atoms with Crippen LogP contribution in [-0.2, 0) is 19.1 Å². The summed E-state index contributed by atoms with van der Waals surface area (Å²) < 4.78 is 4.76. The van der Waals surface area contributed by atoms with Gasteiger partial charge in [-0.2, -0.15) is 0 Å². The molecule has 0 aliphatic carbocycles. The van der Waals surface area contributed by atoms with Crippen molar-refractivity contribution in [1.82, 2.24) is 4.90 Å². The third-order valence-electron chi connectivity index (χ3n) is 3.67. The Hall–Kier alpha value is -1.84. The highest BCUT2D eigenvalue weighted by Crippen LogP contribution is 2.47. The van der Waals surface area contributed by atoms with Crippen LogP contribution in [0.4, 0.5) is 0 Å². The normalized spacial score (nSPS) is 24.7. The van der Waals surface area contributed by atoms with E-state index in [0.29, 0.717) is 11.3 Å². The van der Waals surface area contributed by atoms with Crippen LogP contribution in [0.25, 0.3) is 0 Å². The Kier molecular flexibility index (Phi) is 5.45. The molecule has 4 N–H and O–H groups in total. The molecule has 0 spiro atoms. The van der Waals surface area contributed by atoms with E-state index in [1.807, 2.05) is 0 Å². The SMILES string of the molecule is C[C@H](O)[C@H]1C(=O)N2C(C(=O)O)=C(S/C=C\C(=O)OCCN)C[C@H]12. The summed E-state index contributed by atoms with van der Waals surface area (Å²) >= 11 is 1.06. The second kappa shape index (κ2) is 7.16. The largest absolute Gasteiger partial charge is 0.477 e. The number of β-lactam (4-membered cyclic amide) rings is 1. The van der Waals surface area contributed by atoms with Crippen LogP contribution in [-0.4, -0.2) is 58.3 Å². The van der Waals surface area contributed by atoms with Gasteiger partial charge in [-0.25, -0.2) is 9.59 Å². The van der Waals surface area contributed by atoms with Crippen LogP contribution in [0.1, 0.15) is 13.3 Å². The number of carboxylic acids is 1. The van der Waals surface area contributed by atoms with Crippen molar-refractivity contribution in [2.45, 2.75) is 25.5 Å². The van der Waals surface area contributed by atoms with Gasteiger partial charge in [-0.05, 0) is 12.3 Å². The van der Waals surface area contributed by atoms with Crippen molar-refractivity contribution in [1.29, 1.82) is 0 Å². The number of aliphatic hydroxyl groups is 1. The predicted molar refractivity (Wildman–Crippen MR) is 81.8 cm³/mol. The summed E-state index contributed by atoms with van der Waals surface area (Å²) in [4.78, 5) is 36.4. The van der Waals surface area contributed by atoms with Crippen molar-refractivity contribution in [3.63, 3.8) is 0 Å². The number of aliphatic carboxylic acids is 1. The number of rotatable bonds is 7. The zero-order valence-corrected chi connectivity index (χ0v) is 13.3. The lowest BCUT2D eigenvalue weighted by atomic mass is 9.83. The lowest BCUT2D eigenvalue weighted by molar-refractivity contribution is -0.161. The van der Waals surface area contributed by atoms with E-state index in [2.05, 4.69) is 0 Å². The number of aliphatic hydroxyl groups excluding tert-OH is 1. The van der Waals surface area contributed by atoms with Gasteiger partial charge in [-0.1, -0.05) is 11.8 Å². The Labute approximate surface area is 137 Å². The van der Waals surface area contributed by atoms with E-state index in [-0.39, 0.29) is 30.8 Å². The van der Waals surface area contributed by atoms with Gasteiger partial charge in [0.2, 0.25) is 5.91 Å². The number of carbonyl (C=O) groups is 3. The summed E-state index contributed by atoms with van der Waals surface area (Å²) in [5.41, 5.74) is 5.13. The fraction of sp³-hybridized carbons (Fsp3) is 0.500. The minimum atomic E-state index is -1.20. The van der Waals surface area contributed by atoms with Crippen molar-refractivity contribution in [3.05, 3.63) is 22.1 Å². The maximum absolute atomic E-state index is 12.0. The van der Waals surface area contributed by atoms with E-state index >= 15 is 0 Å². The number of esters is 1. The van der Waals surface area contributed by atoms with Crippen LogP contribution < -0.4 is 5.73 Å². The molecule has 1 fully saturated rings. The van der Waals surface area contributed by atoms with E-state index < -0.39 is 24.0 Å². The number of thioether (sulfide) groups is 1. The molecule has 9 heteroatoms. The summed E-state index contributed by atoms with van der Waals surface area (Å²) in [6, 6.07) is -0.339. The minimum Gasteiger partial charge on any atom is -0.477 e. The number of carboxylic acid groups (broad SMARTS) is 1. The molecule has 2 rings (SSSR count). The molecule has 0 aromatic rings. The van der Waals surface area contributed by atoms with Crippen LogP contribution in [0.15, 0.2) is 22.1 Å². The molecular weight excluding hydrogens is 324 g/mol. The number of fused-ring (bicyclic) bond motifs is 1. The lowest BCUT2D eigenvalue weighted by Crippen LogP contribution is -2.61. The minimum absolute atomic E-state index is 0.0816. The molecular formula is C14H18N2O6S. The molecule has 0 unspecified atom stereocenters. The fourth-order valence-corrected chi connectivity index (χ4v) is 3.62. The van der Waals surface area contributed by atoms with Crippen LogP contribution >= 0.6 is 11.8 Å². The third-order valence-corrected chi connectivity index (χ3v) is 4.58. The topological polar surface area (TPSA) is 130 Å². The number of amides is 1. The summed E-state index contributed by atoms with van der Waals surface area (Å²) in [7, 11) is 0. The van der Waals surface area contributed by atoms with Crippen molar-refractivity contribution < 1.29 is 29.3 Å². The molecule has 0 aromatic heterocycles. The molecule has 0 saturated carbocycles. The van der Waals surface area contributed by atoms with Gasteiger partial charge >= 0.3 is 11.9 Å². The Morgan fingerprint density at radius 2 is 2.26 bits per heavy atom. The van der Waals surface area contributed by atoms with Crippen LogP contribution in [0.3, 0.4) is 0 Å². The predicted octanol–water partition coefficient (Wildman–Crippen LogP) is -0.357. The molecule has 0 bridgehead atoms. The molecule has 8 nitrogen and oxygen atoms in total. The Balaban J connectivity index is 2.06. The average molecular weight is 342 g/mol. The maximum Gasteiger partial charge on any atom is 0.353 e. The molecule has 0 aromatic carbocycles. The number of nitrogens with zero attached hydrogens (tertiary/aromatic N) is 1. The molecule has 2 heterocycles. The number of hydrogen-bond donors (Lipinski definition) is 3. The molecule has 3 atom stereocenters. The van der Waals surface area contributed by atoms with E-state index in [1.165, 1.54) is 23.3 Å². The summed E-state index contributed by atoms with van der Waals surface area (Å²) in [6.07, 6.45) is 0.691. The average Bonchev–Trinajstić information content (AvgIpc) is 2.79. The maximum atomic E-state index is 12.0. The first-order valence-corrected chi connectivity index (χ1v) is 7.94. The molecule has 23 heavy (non-hydrogen) atoms. The standard InChI is InChI=1S/C14H18N2O6S/c1-7(17)11-8-6-9(12(14(20)21)16(8)13(11)19)23-5-2-10(18)22-4-3-15/h2,5,7-8,11,17H,3-4,6,15H2,1H3,(H,20,21)/b5-2-/t7-,8+,11+/m0/s1. The van der Waals surface area contributed by atoms with Gasteiger partial charge < -0.3 is 25.6 Å². The second-order valence-electron chi connectivity index (χ2n) is 5.20. The number of carbonyl (C=O) groups excluding carboxylic acids is 2. The Morgan fingerprint density at radius 1 is 1.57 bits per heavy atom. The smallest absolute Gasteiger partial charge is 0.353 e. The van der Waals surface area contributed by atoms with Gasteiger partial charge in [0, 0.05) is 23.9 Å². The van der Waals surface area contributed by atoms with Gasteiger partial charge in [0.25, 0.3) is 0 Å². The van der Waals surface area contributed by atoms with Crippen molar-refractivity contribution in [2.24, 2.45) is 11.7 Å². The van der Waals surface area contributed by atoms with Crippen LogP contribution in [0.5, 0.6) is 0 Å². The van der Waals surface area contributed by atoms with Crippen molar-refractivity contribution in [2.75, 3.05) is 13.2 Å². The Morgan fingerprint density at radius 3 is 2.83 bits per heavy atom. The molecule has 2 aliphatic heterocycles. The summed E-state index contributed by atoms with van der Waals surface area (Å²) in [5, 5.41) is 20.4. The Bertz CT molecular complexity index is 586. The highest BCUT2D eigenvalue weighted by atomic mass is 32.2. The van der Waals surface area contributed by atoms with E-state index in [4.69, 9.17) is 10.5 Å². The monoisotopic (exact) mass is 342 g/mol. The van der Waals surface area contributed by atoms with Gasteiger partial charge in [0.05, 0.1) is 18.1 Å². The zero-order chi connectivity index (χ0) is 17.1. The molecule has 2 aliphatic rings. The van der Waals surface area contributed by atoms with Crippen LogP contribution in [0, 0.1) is 5.92 Å². The first-order valence-electron chi connectivity index (χ1n) is 7.06. The zero-order valence-electron chi connectivity index (χ0n) is 12.5. The second-order valence-corrected chi connectivity index (χ2v) is 6.20. The van der Waals surface area contributed by atoms with Gasteiger partial charge in [0.15, 0.2) is 0 Å². The van der Waals surface area contributed by atoms with E-state index in [0.717, 1.165) is 11.8 Å². The van der Waals surface area contributed by atoms with E-state index in [1.54, 1.807) is 0 Å². The van der Waals surface area contributed by atoms with Crippen LogP contribution in [0.2, 0.25) is 0 Å². The summed E-state index contributed by atoms with van der Waals surface area (Å²) in [6.45, 7) is 1.84. The number of hydrogen-bond acceptors (Lipinski definition) is 7. The van der Waals surface area contributed by atoms with E-state index in [9.17, 15) is 24.6 Å². The molecule has 0 radical (unpaired) electrons. The van der Waals surface area contributed by atoms with Crippen molar-refractivity contribution >= 4 is 29.6 Å². The molecule has 1 saturated heterocycles. The van der Waals surface area contributed by atoms with Gasteiger partial charge in [-0.3, -0.25) is 4.79 Å². The first-order chi connectivity index (χ1) is 10.9. The van der Waals surface area contributed by atoms with Gasteiger partial charge in [0.1, 0.15) is 12.3 Å². The number of nitrogens with two attached hydrogens (primary N) is 1. The number of ether oxygens (including phenoxy) is 1. The molecule has 1 amide bonds. The summed E-state index contributed by atoms with van der Waals surface area (Å²) in [5.74, 6) is -2.74. The quantitative estimate of drug-likeness (QED) is 0.325. The van der Waals surface area contributed by atoms with Crippen molar-refractivity contribution in [3.8, 4) is 0 Å².